The zero-order valence-electron chi connectivity index (χ0n) is 14.6. The second-order valence-corrected chi connectivity index (χ2v) is 6.17. The standard InChI is InChI=1S/C22H21NO2S/c1-24-20-13-7-5-11-18(20)15-23-22(26)19-12-6-8-14-21(19)25-16-17-9-3-2-4-10-17/h2-14H,15-16H2,1H3,(H,23,26). The van der Waals surface area contributed by atoms with Gasteiger partial charge in [0.2, 0.25) is 0 Å². The summed E-state index contributed by atoms with van der Waals surface area (Å²) in [5.74, 6) is 1.62. The van der Waals surface area contributed by atoms with Crippen LogP contribution in [0.3, 0.4) is 0 Å². The summed E-state index contributed by atoms with van der Waals surface area (Å²) in [6, 6.07) is 25.8. The number of hydrogen-bond donors (Lipinski definition) is 1. The molecule has 0 spiro atoms. The van der Waals surface area contributed by atoms with E-state index in [2.05, 4.69) is 5.32 Å². The first kappa shape index (κ1) is 18.0. The quantitative estimate of drug-likeness (QED) is 0.614. The van der Waals surface area contributed by atoms with Crippen LogP contribution in [-0.4, -0.2) is 12.1 Å². The van der Waals surface area contributed by atoms with Crippen LogP contribution in [0.25, 0.3) is 0 Å². The zero-order valence-corrected chi connectivity index (χ0v) is 15.5. The molecule has 3 aromatic carbocycles. The van der Waals surface area contributed by atoms with Crippen molar-refractivity contribution in [2.75, 3.05) is 7.11 Å². The van der Waals surface area contributed by atoms with E-state index in [9.17, 15) is 0 Å². The van der Waals surface area contributed by atoms with Crippen LogP contribution in [0, 0.1) is 0 Å². The maximum Gasteiger partial charge on any atom is 0.129 e. The van der Waals surface area contributed by atoms with Crippen LogP contribution >= 0.6 is 12.2 Å². The highest BCUT2D eigenvalue weighted by Gasteiger charge is 2.10. The van der Waals surface area contributed by atoms with E-state index in [4.69, 9.17) is 21.7 Å². The highest BCUT2D eigenvalue weighted by atomic mass is 32.1. The summed E-state index contributed by atoms with van der Waals surface area (Å²) < 4.78 is 11.4. The largest absolute Gasteiger partial charge is 0.496 e. The van der Waals surface area contributed by atoms with Crippen LogP contribution in [0.4, 0.5) is 0 Å². The molecule has 0 saturated heterocycles. The van der Waals surface area contributed by atoms with Crippen molar-refractivity contribution in [1.29, 1.82) is 0 Å². The minimum absolute atomic E-state index is 0.507. The van der Waals surface area contributed by atoms with Gasteiger partial charge in [-0.2, -0.15) is 0 Å². The van der Waals surface area contributed by atoms with E-state index in [0.29, 0.717) is 18.1 Å². The molecule has 132 valence electrons. The smallest absolute Gasteiger partial charge is 0.129 e. The summed E-state index contributed by atoms with van der Waals surface area (Å²) in [5, 5.41) is 3.30. The van der Waals surface area contributed by atoms with E-state index >= 15 is 0 Å². The lowest BCUT2D eigenvalue weighted by Crippen LogP contribution is -2.22. The van der Waals surface area contributed by atoms with Crippen LogP contribution in [0.15, 0.2) is 78.9 Å². The highest BCUT2D eigenvalue weighted by molar-refractivity contribution is 7.80. The molecule has 0 saturated carbocycles. The van der Waals surface area contributed by atoms with Gasteiger partial charge < -0.3 is 14.8 Å². The van der Waals surface area contributed by atoms with E-state index in [1.807, 2.05) is 78.9 Å². The molecule has 0 atom stereocenters. The number of para-hydroxylation sites is 2. The molecule has 0 unspecified atom stereocenters. The minimum atomic E-state index is 0.507. The third-order valence-electron chi connectivity index (χ3n) is 4.00. The summed E-state index contributed by atoms with van der Waals surface area (Å²) in [6.45, 7) is 1.10. The Morgan fingerprint density at radius 3 is 2.27 bits per heavy atom. The van der Waals surface area contributed by atoms with Crippen molar-refractivity contribution in [2.24, 2.45) is 0 Å². The first-order valence-corrected chi connectivity index (χ1v) is 8.84. The fourth-order valence-electron chi connectivity index (χ4n) is 2.64. The first-order chi connectivity index (χ1) is 12.8. The molecular weight excluding hydrogens is 342 g/mol. The van der Waals surface area contributed by atoms with Crippen molar-refractivity contribution in [1.82, 2.24) is 5.32 Å². The molecule has 26 heavy (non-hydrogen) atoms. The molecule has 0 fully saturated rings. The fraction of sp³-hybridized carbons (Fsp3) is 0.136. The molecule has 4 heteroatoms. The van der Waals surface area contributed by atoms with E-state index in [-0.39, 0.29) is 0 Å². The predicted octanol–water partition coefficient (Wildman–Crippen LogP) is 4.74. The Labute approximate surface area is 159 Å². The highest BCUT2D eigenvalue weighted by Crippen LogP contribution is 2.21. The summed E-state index contributed by atoms with van der Waals surface area (Å²) >= 11 is 5.59. The summed E-state index contributed by atoms with van der Waals surface area (Å²) in [5.41, 5.74) is 3.06. The number of methoxy groups -OCH3 is 1. The monoisotopic (exact) mass is 363 g/mol. The molecule has 1 N–H and O–H groups in total. The van der Waals surface area contributed by atoms with Gasteiger partial charge in [0.05, 0.1) is 12.7 Å². The first-order valence-electron chi connectivity index (χ1n) is 8.44. The third-order valence-corrected chi connectivity index (χ3v) is 4.37. The van der Waals surface area contributed by atoms with Crippen LogP contribution in [0.5, 0.6) is 11.5 Å². The van der Waals surface area contributed by atoms with Gasteiger partial charge in [-0.1, -0.05) is 72.9 Å². The van der Waals surface area contributed by atoms with Gasteiger partial charge in [-0.05, 0) is 23.8 Å². The second-order valence-electron chi connectivity index (χ2n) is 5.76. The molecule has 3 nitrogen and oxygen atoms in total. The fourth-order valence-corrected chi connectivity index (χ4v) is 2.88. The number of ether oxygens (including phenoxy) is 2. The van der Waals surface area contributed by atoms with Crippen molar-refractivity contribution in [3.8, 4) is 11.5 Å². The Kier molecular flexibility index (Phi) is 6.23. The normalized spacial score (nSPS) is 10.2. The molecule has 0 heterocycles. The molecule has 0 radical (unpaired) electrons. The molecule has 0 aliphatic carbocycles. The van der Waals surface area contributed by atoms with Crippen molar-refractivity contribution in [3.05, 3.63) is 95.6 Å². The SMILES string of the molecule is COc1ccccc1CNC(=S)c1ccccc1OCc1ccccc1. The van der Waals surface area contributed by atoms with E-state index in [0.717, 1.165) is 28.2 Å². The number of thiocarbonyl (C=S) groups is 1. The number of rotatable bonds is 7. The molecule has 0 aromatic heterocycles. The predicted molar refractivity (Wildman–Crippen MR) is 109 cm³/mol. The van der Waals surface area contributed by atoms with Gasteiger partial charge in [0.25, 0.3) is 0 Å². The van der Waals surface area contributed by atoms with Crippen molar-refractivity contribution >= 4 is 17.2 Å². The Morgan fingerprint density at radius 2 is 1.50 bits per heavy atom. The Balaban J connectivity index is 1.67. The van der Waals surface area contributed by atoms with Crippen LogP contribution in [0.2, 0.25) is 0 Å². The van der Waals surface area contributed by atoms with Crippen molar-refractivity contribution in [2.45, 2.75) is 13.2 Å². The Bertz CT molecular complexity index is 865. The van der Waals surface area contributed by atoms with Crippen LogP contribution in [0.1, 0.15) is 16.7 Å². The molecule has 3 rings (SSSR count). The topological polar surface area (TPSA) is 30.5 Å². The summed E-state index contributed by atoms with van der Waals surface area (Å²) in [4.78, 5) is 0.652. The molecule has 0 amide bonds. The Hall–Kier alpha value is -2.85. The van der Waals surface area contributed by atoms with Crippen LogP contribution in [-0.2, 0) is 13.2 Å². The summed E-state index contributed by atoms with van der Waals surface area (Å²) in [6.07, 6.45) is 0. The van der Waals surface area contributed by atoms with Gasteiger partial charge in [-0.25, -0.2) is 0 Å². The number of nitrogens with one attached hydrogen (secondary N) is 1. The number of benzene rings is 3. The van der Waals surface area contributed by atoms with Gasteiger partial charge in [-0.3, -0.25) is 0 Å². The maximum absolute atomic E-state index is 5.99. The zero-order chi connectivity index (χ0) is 18.2. The molecule has 0 bridgehead atoms. The summed E-state index contributed by atoms with van der Waals surface area (Å²) in [7, 11) is 1.67. The lowest BCUT2D eigenvalue weighted by Gasteiger charge is -2.15. The van der Waals surface area contributed by atoms with E-state index < -0.39 is 0 Å². The maximum atomic E-state index is 5.99. The van der Waals surface area contributed by atoms with E-state index in [1.165, 1.54) is 0 Å². The average molecular weight is 363 g/mol. The van der Waals surface area contributed by atoms with Crippen LogP contribution < -0.4 is 14.8 Å². The minimum Gasteiger partial charge on any atom is -0.496 e. The van der Waals surface area contributed by atoms with Crippen molar-refractivity contribution in [3.63, 3.8) is 0 Å². The third kappa shape index (κ3) is 4.61. The molecule has 0 aliphatic heterocycles. The lowest BCUT2D eigenvalue weighted by molar-refractivity contribution is 0.305. The van der Waals surface area contributed by atoms with Gasteiger partial charge in [-0.15, -0.1) is 0 Å². The lowest BCUT2D eigenvalue weighted by atomic mass is 10.1. The van der Waals surface area contributed by atoms with Crippen molar-refractivity contribution < 1.29 is 9.47 Å². The van der Waals surface area contributed by atoms with E-state index in [1.54, 1.807) is 7.11 Å². The second kappa shape index (κ2) is 9.02. The van der Waals surface area contributed by atoms with Gasteiger partial charge >= 0.3 is 0 Å². The number of hydrogen-bond acceptors (Lipinski definition) is 3. The van der Waals surface area contributed by atoms with Gasteiger partial charge in [0.1, 0.15) is 23.1 Å². The molecule has 3 aromatic rings. The Morgan fingerprint density at radius 1 is 0.846 bits per heavy atom. The molecular formula is C22H21NO2S. The van der Waals surface area contributed by atoms with Gasteiger partial charge in [0.15, 0.2) is 0 Å². The average Bonchev–Trinajstić information content (AvgIpc) is 2.71. The van der Waals surface area contributed by atoms with Gasteiger partial charge in [0, 0.05) is 12.1 Å². The molecule has 0 aliphatic rings.